The lowest BCUT2D eigenvalue weighted by Gasteiger charge is -2.38. The van der Waals surface area contributed by atoms with Gasteiger partial charge >= 0.3 is 0 Å². The van der Waals surface area contributed by atoms with Crippen molar-refractivity contribution in [2.45, 2.75) is 44.8 Å². The number of nitrogens with zero attached hydrogens (tertiary/aromatic N) is 4. The van der Waals surface area contributed by atoms with Gasteiger partial charge in [0.25, 0.3) is 0 Å². The average Bonchev–Trinajstić information content (AvgIpc) is 2.76. The fraction of sp³-hybridized carbons (Fsp3) is 0.417. The van der Waals surface area contributed by atoms with E-state index in [1.165, 1.54) is 16.7 Å². The Hall–Kier alpha value is -2.84. The first kappa shape index (κ1) is 19.5. The van der Waals surface area contributed by atoms with Crippen LogP contribution in [0.15, 0.2) is 59.6 Å². The smallest absolute Gasteiger partial charge is 0.208 e. The molecule has 0 aliphatic carbocycles. The molecule has 2 heterocycles. The topological polar surface area (TPSA) is 54.7 Å². The highest BCUT2D eigenvalue weighted by Crippen LogP contribution is 2.29. The summed E-state index contributed by atoms with van der Waals surface area (Å²) in [5, 5.41) is 12.2. The minimum Gasteiger partial charge on any atom is -0.335 e. The van der Waals surface area contributed by atoms with E-state index in [9.17, 15) is 5.26 Å². The van der Waals surface area contributed by atoms with Crippen molar-refractivity contribution in [3.05, 3.63) is 71.3 Å². The lowest BCUT2D eigenvalue weighted by Crippen LogP contribution is -2.46. The lowest BCUT2D eigenvalue weighted by molar-refractivity contribution is 0.204. The predicted molar refractivity (Wildman–Crippen MR) is 116 cm³/mol. The summed E-state index contributed by atoms with van der Waals surface area (Å²) in [4.78, 5) is 9.75. The third-order valence-electron chi connectivity index (χ3n) is 6.15. The molecule has 2 aliphatic heterocycles. The van der Waals surface area contributed by atoms with Crippen molar-refractivity contribution in [1.29, 1.82) is 5.26 Å². The van der Waals surface area contributed by atoms with Crippen LogP contribution in [0.2, 0.25) is 0 Å². The molecule has 1 saturated heterocycles. The highest BCUT2D eigenvalue weighted by atomic mass is 15.3. The molecule has 1 N–H and O–H groups in total. The number of benzene rings is 2. The molecule has 0 amide bonds. The van der Waals surface area contributed by atoms with Gasteiger partial charge in [-0.15, -0.1) is 0 Å². The summed E-state index contributed by atoms with van der Waals surface area (Å²) >= 11 is 0. The standard InChI is InChI=1S/C24H29N5/c1-19-23-10-6-5-9-21(23)11-16-29(19)24(26-18-25)27-22-12-14-28(15-13-22)17-20-7-3-2-4-8-20/h2-10,19,22H,11-17H2,1H3,(H,26,27). The molecule has 2 aromatic carbocycles. The third kappa shape index (κ3) is 4.60. The number of aliphatic imine (C=N–C) groups is 1. The fourth-order valence-corrected chi connectivity index (χ4v) is 4.51. The highest BCUT2D eigenvalue weighted by molar-refractivity contribution is 5.82. The Morgan fingerprint density at radius 2 is 1.79 bits per heavy atom. The van der Waals surface area contributed by atoms with E-state index in [0.29, 0.717) is 0 Å². The van der Waals surface area contributed by atoms with Crippen LogP contribution in [0.1, 0.15) is 42.5 Å². The van der Waals surface area contributed by atoms with Gasteiger partial charge in [0.1, 0.15) is 0 Å². The van der Waals surface area contributed by atoms with Crippen LogP contribution in [0.25, 0.3) is 0 Å². The summed E-state index contributed by atoms with van der Waals surface area (Å²) in [6, 6.07) is 19.7. The van der Waals surface area contributed by atoms with Crippen LogP contribution in [0.4, 0.5) is 0 Å². The van der Waals surface area contributed by atoms with E-state index in [-0.39, 0.29) is 12.1 Å². The Bertz CT molecular complexity index is 878. The zero-order valence-corrected chi connectivity index (χ0v) is 17.1. The molecule has 1 unspecified atom stereocenters. The number of nitriles is 1. The van der Waals surface area contributed by atoms with Gasteiger partial charge in [0, 0.05) is 26.2 Å². The van der Waals surface area contributed by atoms with Gasteiger partial charge in [-0.05, 0) is 42.9 Å². The third-order valence-corrected chi connectivity index (χ3v) is 6.15. The van der Waals surface area contributed by atoms with Crippen LogP contribution < -0.4 is 5.32 Å². The summed E-state index contributed by atoms with van der Waals surface area (Å²) in [6.45, 7) is 6.18. The van der Waals surface area contributed by atoms with Gasteiger partial charge in [-0.3, -0.25) is 10.2 Å². The number of rotatable bonds is 3. The number of piperidine rings is 1. The van der Waals surface area contributed by atoms with Gasteiger partial charge in [0.2, 0.25) is 5.96 Å². The molecule has 5 nitrogen and oxygen atoms in total. The van der Waals surface area contributed by atoms with E-state index in [0.717, 1.165) is 51.4 Å². The molecule has 0 spiro atoms. The van der Waals surface area contributed by atoms with Crippen LogP contribution in [0.3, 0.4) is 0 Å². The second-order valence-electron chi connectivity index (χ2n) is 8.00. The Balaban J connectivity index is 1.41. The van der Waals surface area contributed by atoms with Crippen LogP contribution in [-0.2, 0) is 13.0 Å². The number of hydrogen-bond acceptors (Lipinski definition) is 3. The number of fused-ring (bicyclic) bond motifs is 1. The summed E-state index contributed by atoms with van der Waals surface area (Å²) in [7, 11) is 0. The molecule has 2 aliphatic rings. The molecule has 29 heavy (non-hydrogen) atoms. The van der Waals surface area contributed by atoms with Gasteiger partial charge in [-0.25, -0.2) is 4.99 Å². The lowest BCUT2D eigenvalue weighted by atomic mass is 9.94. The maximum atomic E-state index is 9.31. The number of likely N-dealkylation sites (tertiary alicyclic amines) is 1. The average molecular weight is 388 g/mol. The van der Waals surface area contributed by atoms with Crippen LogP contribution in [0, 0.1) is 11.5 Å². The van der Waals surface area contributed by atoms with Crippen molar-refractivity contribution in [3.63, 3.8) is 0 Å². The predicted octanol–water partition coefficient (Wildman–Crippen LogP) is 3.70. The van der Waals surface area contributed by atoms with Crippen LogP contribution in [0.5, 0.6) is 0 Å². The van der Waals surface area contributed by atoms with Gasteiger partial charge in [-0.2, -0.15) is 5.26 Å². The van der Waals surface area contributed by atoms with E-state index in [4.69, 9.17) is 4.99 Å². The SMILES string of the molecule is CC1c2ccccc2CCN1/C(=N/C1CCN(Cc2ccccc2)CC1)NC#N. The van der Waals surface area contributed by atoms with E-state index >= 15 is 0 Å². The molecule has 1 atom stereocenters. The van der Waals surface area contributed by atoms with E-state index < -0.39 is 0 Å². The summed E-state index contributed by atoms with van der Waals surface area (Å²) < 4.78 is 0. The quantitative estimate of drug-likeness (QED) is 0.378. The molecule has 0 radical (unpaired) electrons. The first-order valence-electron chi connectivity index (χ1n) is 10.6. The maximum absolute atomic E-state index is 9.31. The summed E-state index contributed by atoms with van der Waals surface area (Å²) in [5.41, 5.74) is 4.10. The minimum atomic E-state index is 0.220. The molecular weight excluding hydrogens is 358 g/mol. The van der Waals surface area contributed by atoms with Crippen molar-refractivity contribution >= 4 is 5.96 Å². The highest BCUT2D eigenvalue weighted by Gasteiger charge is 2.27. The molecule has 1 fully saturated rings. The Morgan fingerprint density at radius 1 is 1.07 bits per heavy atom. The first-order chi connectivity index (χ1) is 14.2. The molecule has 4 rings (SSSR count). The second-order valence-corrected chi connectivity index (χ2v) is 8.00. The van der Waals surface area contributed by atoms with Gasteiger partial charge in [-0.1, -0.05) is 54.6 Å². The van der Waals surface area contributed by atoms with Crippen molar-refractivity contribution in [2.75, 3.05) is 19.6 Å². The van der Waals surface area contributed by atoms with Crippen molar-refractivity contribution in [1.82, 2.24) is 15.1 Å². The number of nitrogens with one attached hydrogen (secondary N) is 1. The fourth-order valence-electron chi connectivity index (χ4n) is 4.51. The van der Waals surface area contributed by atoms with Gasteiger partial charge in [0.15, 0.2) is 6.19 Å². The molecule has 0 saturated carbocycles. The van der Waals surface area contributed by atoms with E-state index in [2.05, 4.69) is 82.8 Å². The van der Waals surface area contributed by atoms with E-state index in [1.54, 1.807) is 0 Å². The van der Waals surface area contributed by atoms with Crippen LogP contribution >= 0.6 is 0 Å². The zero-order chi connectivity index (χ0) is 20.1. The molecule has 150 valence electrons. The molecule has 0 aromatic heterocycles. The first-order valence-corrected chi connectivity index (χ1v) is 10.6. The molecular formula is C24H29N5. The summed E-state index contributed by atoms with van der Waals surface area (Å²) in [6.07, 6.45) is 5.16. The Labute approximate surface area is 173 Å². The Morgan fingerprint density at radius 3 is 2.55 bits per heavy atom. The van der Waals surface area contributed by atoms with Gasteiger partial charge < -0.3 is 4.90 Å². The van der Waals surface area contributed by atoms with Crippen molar-refractivity contribution in [2.24, 2.45) is 4.99 Å². The summed E-state index contributed by atoms with van der Waals surface area (Å²) in [5.74, 6) is 0.732. The maximum Gasteiger partial charge on any atom is 0.208 e. The number of guanidine groups is 1. The number of hydrogen-bond donors (Lipinski definition) is 1. The van der Waals surface area contributed by atoms with Gasteiger partial charge in [0.05, 0.1) is 12.1 Å². The minimum absolute atomic E-state index is 0.220. The largest absolute Gasteiger partial charge is 0.335 e. The Kier molecular flexibility index (Phi) is 6.12. The molecule has 0 bridgehead atoms. The van der Waals surface area contributed by atoms with Crippen molar-refractivity contribution in [3.8, 4) is 6.19 Å². The van der Waals surface area contributed by atoms with Crippen molar-refractivity contribution < 1.29 is 0 Å². The zero-order valence-electron chi connectivity index (χ0n) is 17.1. The monoisotopic (exact) mass is 387 g/mol. The normalized spacial score (nSPS) is 20.8. The van der Waals surface area contributed by atoms with Crippen LogP contribution in [-0.4, -0.2) is 41.4 Å². The molecule has 2 aromatic rings. The molecule has 5 heteroatoms. The second kappa shape index (κ2) is 9.11. The van der Waals surface area contributed by atoms with E-state index in [1.807, 2.05) is 0 Å².